The minimum atomic E-state index is -3.99. The van der Waals surface area contributed by atoms with Crippen molar-refractivity contribution < 1.29 is 32.5 Å². The van der Waals surface area contributed by atoms with E-state index in [1.54, 1.807) is 30.3 Å². The maximum atomic E-state index is 15.1. The van der Waals surface area contributed by atoms with Gasteiger partial charge in [0.05, 0.1) is 12.9 Å². The molecule has 0 bridgehead atoms. The summed E-state index contributed by atoms with van der Waals surface area (Å²) in [7, 11) is -3.99. The zero-order valence-corrected chi connectivity index (χ0v) is 24.6. The second kappa shape index (κ2) is 13.2. The molecule has 1 unspecified atom stereocenters. The van der Waals surface area contributed by atoms with E-state index in [0.717, 1.165) is 30.9 Å². The number of aromatic nitrogens is 4. The highest BCUT2D eigenvalue weighted by molar-refractivity contribution is 7.57. The Bertz CT molecular complexity index is 1670. The molecular formula is C30H32FN6O6P. The van der Waals surface area contributed by atoms with E-state index in [-0.39, 0.29) is 17.9 Å². The minimum Gasteiger partial charge on any atom is -0.464 e. The first-order valence-corrected chi connectivity index (χ1v) is 16.1. The first kappa shape index (κ1) is 29.9. The van der Waals surface area contributed by atoms with E-state index < -0.39 is 44.2 Å². The average molecular weight is 623 g/mol. The van der Waals surface area contributed by atoms with E-state index in [2.05, 4.69) is 20.0 Å². The van der Waals surface area contributed by atoms with Crippen LogP contribution in [0.2, 0.25) is 0 Å². The number of hydrogen-bond acceptors (Lipinski definition) is 10. The van der Waals surface area contributed by atoms with Crippen LogP contribution >= 0.6 is 7.52 Å². The Morgan fingerprint density at radius 3 is 2.59 bits per heavy atom. The van der Waals surface area contributed by atoms with Crippen molar-refractivity contribution in [3.8, 4) is 5.75 Å². The maximum absolute atomic E-state index is 15.1. The van der Waals surface area contributed by atoms with Gasteiger partial charge < -0.3 is 24.5 Å². The first-order valence-electron chi connectivity index (χ1n) is 14.3. The van der Waals surface area contributed by atoms with E-state index >= 15 is 4.39 Å². The van der Waals surface area contributed by atoms with Crippen molar-refractivity contribution >= 4 is 30.5 Å². The topological polar surface area (TPSA) is 153 Å². The van der Waals surface area contributed by atoms with Crippen LogP contribution < -0.4 is 15.3 Å². The molecule has 6 rings (SSSR count). The largest absolute Gasteiger partial charge is 0.464 e. The van der Waals surface area contributed by atoms with E-state index in [1.807, 2.05) is 30.3 Å². The second-order valence-electron chi connectivity index (χ2n) is 10.7. The number of nitrogens with one attached hydrogen (secondary N) is 1. The van der Waals surface area contributed by atoms with Gasteiger partial charge in [-0.25, -0.2) is 24.4 Å². The number of nitrogen functional groups attached to an aromatic ring is 1. The van der Waals surface area contributed by atoms with Crippen molar-refractivity contribution in [3.05, 3.63) is 90.8 Å². The Balaban J connectivity index is 1.19. The highest BCUT2D eigenvalue weighted by atomic mass is 31.2. The zero-order chi connectivity index (χ0) is 30.5. The Labute approximate surface area is 252 Å². The van der Waals surface area contributed by atoms with Crippen molar-refractivity contribution in [2.24, 2.45) is 5.92 Å². The number of para-hydroxylation sites is 1. The molecule has 1 aliphatic heterocycles. The van der Waals surface area contributed by atoms with Crippen molar-refractivity contribution in [2.45, 2.75) is 44.2 Å². The Morgan fingerprint density at radius 1 is 1.11 bits per heavy atom. The molecule has 3 heterocycles. The van der Waals surface area contributed by atoms with Gasteiger partial charge in [-0.2, -0.15) is 0 Å². The molecule has 0 radical (unpaired) electrons. The normalized spacial score (nSPS) is 20.4. The molecule has 1 aliphatic carbocycles. The fourth-order valence-corrected chi connectivity index (χ4v) is 6.57. The van der Waals surface area contributed by atoms with E-state index in [1.165, 1.54) is 17.2 Å². The fraction of sp³-hybridized carbons (Fsp3) is 0.333. The molecule has 12 nitrogen and oxygen atoms in total. The molecule has 14 heteroatoms. The summed E-state index contributed by atoms with van der Waals surface area (Å²) < 4.78 is 54.0. The van der Waals surface area contributed by atoms with Crippen LogP contribution in [0.3, 0.4) is 0 Å². The number of hydrogen-bond donors (Lipinski definition) is 2. The van der Waals surface area contributed by atoms with E-state index in [9.17, 15) is 9.36 Å². The number of rotatable bonds is 13. The van der Waals surface area contributed by atoms with Gasteiger partial charge >= 0.3 is 13.5 Å². The van der Waals surface area contributed by atoms with Crippen LogP contribution in [0.25, 0.3) is 11.2 Å². The van der Waals surface area contributed by atoms with Crippen LogP contribution in [0.4, 0.5) is 10.2 Å². The van der Waals surface area contributed by atoms with Crippen molar-refractivity contribution in [2.75, 3.05) is 18.7 Å². The van der Waals surface area contributed by atoms with Crippen LogP contribution in [-0.4, -0.2) is 50.8 Å². The number of nitrogens with zero attached hydrogens (tertiary/aromatic N) is 4. The number of esters is 1. The standard InChI is InChI=1S/C30H32FN6O6P/c31-23-15-25(42-29(23)37-18-35-26-27(32)33-17-34-28(26)37)41-19-44(39,43-22-12-5-2-6-13-22)36-24(14-20-8-3-1-4-9-20)30(38)40-16-21-10-7-11-21/h1-6,8-9,12-13,15,17-18,21,24-25,29H,7,10-11,14,16,19H2,(H,36,39)(H2,32,33,34)/t24-,25-,29+,44?/m0/s1. The molecule has 2 aromatic carbocycles. The van der Waals surface area contributed by atoms with Gasteiger partial charge in [-0.1, -0.05) is 55.0 Å². The summed E-state index contributed by atoms with van der Waals surface area (Å²) in [6.07, 6.45) is 4.00. The van der Waals surface area contributed by atoms with Gasteiger partial charge in [0.15, 0.2) is 36.2 Å². The predicted octanol–water partition coefficient (Wildman–Crippen LogP) is 4.91. The Kier molecular flexibility index (Phi) is 8.99. The summed E-state index contributed by atoms with van der Waals surface area (Å²) in [6, 6.07) is 16.8. The highest BCUT2D eigenvalue weighted by Crippen LogP contribution is 2.45. The fourth-order valence-electron chi connectivity index (χ4n) is 4.91. The number of ether oxygens (including phenoxy) is 3. The number of anilines is 1. The van der Waals surface area contributed by atoms with Gasteiger partial charge in [-0.15, -0.1) is 0 Å². The summed E-state index contributed by atoms with van der Waals surface area (Å²) in [5.41, 5.74) is 7.26. The monoisotopic (exact) mass is 622 g/mol. The summed E-state index contributed by atoms with van der Waals surface area (Å²) >= 11 is 0. The third-order valence-corrected chi connectivity index (χ3v) is 9.14. The van der Waals surface area contributed by atoms with Crippen LogP contribution in [0.1, 0.15) is 31.1 Å². The molecule has 1 fully saturated rings. The molecule has 44 heavy (non-hydrogen) atoms. The summed E-state index contributed by atoms with van der Waals surface area (Å²) in [5.74, 6) is -0.446. The third-order valence-electron chi connectivity index (χ3n) is 7.44. The predicted molar refractivity (Wildman–Crippen MR) is 159 cm³/mol. The summed E-state index contributed by atoms with van der Waals surface area (Å²) in [5, 5.41) is 2.91. The summed E-state index contributed by atoms with van der Waals surface area (Å²) in [4.78, 5) is 25.5. The molecule has 4 atom stereocenters. The lowest BCUT2D eigenvalue weighted by Crippen LogP contribution is -2.40. The van der Waals surface area contributed by atoms with E-state index in [0.29, 0.717) is 23.8 Å². The van der Waals surface area contributed by atoms with Gasteiger partial charge in [-0.3, -0.25) is 13.9 Å². The number of benzene rings is 2. The molecule has 4 aromatic rings. The molecule has 1 saturated carbocycles. The second-order valence-corrected chi connectivity index (χ2v) is 12.7. The minimum absolute atomic E-state index is 0.144. The number of nitrogens with two attached hydrogens (primary N) is 1. The number of carbonyl (C=O) groups excluding carboxylic acids is 1. The van der Waals surface area contributed by atoms with Crippen LogP contribution in [0.15, 0.2) is 85.2 Å². The molecule has 0 saturated heterocycles. The Morgan fingerprint density at radius 2 is 1.86 bits per heavy atom. The van der Waals surface area contributed by atoms with Crippen LogP contribution in [0.5, 0.6) is 5.75 Å². The Hall–Kier alpha value is -4.16. The number of carbonyl (C=O) groups is 1. The van der Waals surface area contributed by atoms with Crippen molar-refractivity contribution in [3.63, 3.8) is 0 Å². The van der Waals surface area contributed by atoms with Gasteiger partial charge in [0.2, 0.25) is 0 Å². The van der Waals surface area contributed by atoms with Gasteiger partial charge in [0, 0.05) is 6.08 Å². The molecule has 2 aliphatic rings. The lowest BCUT2D eigenvalue weighted by molar-refractivity contribution is -0.148. The summed E-state index contributed by atoms with van der Waals surface area (Å²) in [6.45, 7) is 0.299. The zero-order valence-electron chi connectivity index (χ0n) is 23.7. The molecular weight excluding hydrogens is 590 g/mol. The van der Waals surface area contributed by atoms with Gasteiger partial charge in [-0.05, 0) is 42.9 Å². The van der Waals surface area contributed by atoms with E-state index in [4.69, 9.17) is 24.5 Å². The van der Waals surface area contributed by atoms with Crippen LogP contribution in [0, 0.1) is 5.92 Å². The smallest absolute Gasteiger partial charge is 0.342 e. The van der Waals surface area contributed by atoms with Gasteiger partial charge in [0.25, 0.3) is 0 Å². The molecule has 3 N–H and O–H groups in total. The quantitative estimate of drug-likeness (QED) is 0.155. The first-order chi connectivity index (χ1) is 21.4. The van der Waals surface area contributed by atoms with Crippen LogP contribution in [-0.2, 0) is 30.0 Å². The number of fused-ring (bicyclic) bond motifs is 1. The number of halogens is 1. The lowest BCUT2D eigenvalue weighted by Gasteiger charge is -2.28. The average Bonchev–Trinajstić information content (AvgIpc) is 3.59. The SMILES string of the molecule is Nc1ncnc2c1ncn2[C@@H]1O[C@H](OCP(=O)(N[C@@H](Cc2ccccc2)C(=O)OCC2CCC2)Oc2ccccc2)C=C1F. The van der Waals surface area contributed by atoms with Crippen molar-refractivity contribution in [1.82, 2.24) is 24.6 Å². The number of imidazole rings is 1. The molecule has 230 valence electrons. The molecule has 0 amide bonds. The molecule has 2 aromatic heterocycles. The third kappa shape index (κ3) is 6.97. The lowest BCUT2D eigenvalue weighted by atomic mass is 9.86. The maximum Gasteiger partial charge on any atom is 0.342 e. The van der Waals surface area contributed by atoms with Crippen molar-refractivity contribution in [1.29, 1.82) is 0 Å². The highest BCUT2D eigenvalue weighted by Gasteiger charge is 2.37. The van der Waals surface area contributed by atoms with Gasteiger partial charge in [0.1, 0.15) is 23.6 Å². The molecule has 0 spiro atoms.